The molecule has 2 aromatic rings. The number of nitrogens with one attached hydrogen (secondary N) is 1. The summed E-state index contributed by atoms with van der Waals surface area (Å²) in [5.41, 5.74) is 2.31. The van der Waals surface area contributed by atoms with Crippen LogP contribution in [0.25, 0.3) is 0 Å². The molecular weight excluding hydrogens is 266 g/mol. The van der Waals surface area contributed by atoms with Gasteiger partial charge in [-0.05, 0) is 30.7 Å². The molecule has 1 aliphatic rings. The number of ether oxygens (including phenoxy) is 1. The summed E-state index contributed by atoms with van der Waals surface area (Å²) < 4.78 is 5.81. The number of para-hydroxylation sites is 1. The van der Waals surface area contributed by atoms with Crippen LogP contribution in [0.2, 0.25) is 0 Å². The highest BCUT2D eigenvalue weighted by atomic mass is 32.2. The lowest BCUT2D eigenvalue weighted by Crippen LogP contribution is -2.01. The Morgan fingerprint density at radius 3 is 2.75 bits per heavy atom. The van der Waals surface area contributed by atoms with Crippen LogP contribution < -0.4 is 10.1 Å². The van der Waals surface area contributed by atoms with Crippen molar-refractivity contribution in [3.8, 4) is 5.75 Å². The van der Waals surface area contributed by atoms with Gasteiger partial charge in [-0.2, -0.15) is 0 Å². The van der Waals surface area contributed by atoms with Crippen molar-refractivity contribution >= 4 is 23.1 Å². The number of hydrogen-bond acceptors (Lipinski definition) is 3. The Balaban J connectivity index is 1.71. The van der Waals surface area contributed by atoms with E-state index in [0.717, 1.165) is 24.5 Å². The van der Waals surface area contributed by atoms with Gasteiger partial charge < -0.3 is 10.1 Å². The first-order chi connectivity index (χ1) is 9.86. The molecule has 0 aliphatic carbocycles. The molecule has 2 aromatic carbocycles. The molecule has 0 aromatic heterocycles. The van der Waals surface area contributed by atoms with Gasteiger partial charge in [-0.3, -0.25) is 0 Å². The third-order valence-corrected chi connectivity index (χ3v) is 4.50. The molecule has 0 fully saturated rings. The predicted molar refractivity (Wildman–Crippen MR) is 85.3 cm³/mol. The summed E-state index contributed by atoms with van der Waals surface area (Å²) in [4.78, 5) is 2.53. The van der Waals surface area contributed by atoms with E-state index in [0.29, 0.717) is 0 Å². The molecule has 20 heavy (non-hydrogen) atoms. The summed E-state index contributed by atoms with van der Waals surface area (Å²) in [5.74, 6) is 0.951. The molecule has 0 spiro atoms. The minimum atomic E-state index is 0.802. The van der Waals surface area contributed by atoms with Crippen molar-refractivity contribution in [2.24, 2.45) is 0 Å². The van der Waals surface area contributed by atoms with E-state index in [2.05, 4.69) is 54.7 Å². The number of hydrogen-bond donors (Lipinski definition) is 1. The molecule has 3 rings (SSSR count). The monoisotopic (exact) mass is 285 g/mol. The van der Waals surface area contributed by atoms with E-state index in [4.69, 9.17) is 4.74 Å². The fraction of sp³-hybridized carbons (Fsp3) is 0.294. The molecule has 2 nitrogen and oxygen atoms in total. The Hall–Kier alpha value is -1.61. The number of anilines is 2. The summed E-state index contributed by atoms with van der Waals surface area (Å²) >= 11 is 1.81. The second-order valence-corrected chi connectivity index (χ2v) is 6.02. The zero-order chi connectivity index (χ0) is 13.8. The zero-order valence-corrected chi connectivity index (χ0v) is 12.5. The average Bonchev–Trinajstić information content (AvgIpc) is 2.49. The quantitative estimate of drug-likeness (QED) is 0.629. The topological polar surface area (TPSA) is 21.3 Å². The Morgan fingerprint density at radius 2 is 1.85 bits per heavy atom. The maximum atomic E-state index is 5.81. The minimum absolute atomic E-state index is 0.802. The van der Waals surface area contributed by atoms with E-state index in [1.54, 1.807) is 11.8 Å². The summed E-state index contributed by atoms with van der Waals surface area (Å²) in [6.07, 6.45) is 3.58. The average molecular weight is 285 g/mol. The second kappa shape index (κ2) is 6.23. The predicted octanol–water partition coefficient (Wildman–Crippen LogP) is 5.46. The Morgan fingerprint density at radius 1 is 1.00 bits per heavy atom. The molecule has 0 saturated heterocycles. The van der Waals surface area contributed by atoms with Crippen molar-refractivity contribution in [1.29, 1.82) is 0 Å². The third kappa shape index (κ3) is 2.93. The van der Waals surface area contributed by atoms with Gasteiger partial charge in [-0.15, -0.1) is 0 Å². The lowest BCUT2D eigenvalue weighted by molar-refractivity contribution is 0.306. The van der Waals surface area contributed by atoms with Gasteiger partial charge in [-0.25, -0.2) is 0 Å². The summed E-state index contributed by atoms with van der Waals surface area (Å²) in [6.45, 7) is 3.01. The fourth-order valence-electron chi connectivity index (χ4n) is 2.25. The first-order valence-electron chi connectivity index (χ1n) is 7.17. The fourth-order valence-corrected chi connectivity index (χ4v) is 3.22. The summed E-state index contributed by atoms with van der Waals surface area (Å²) in [5, 5.41) is 3.48. The highest BCUT2D eigenvalue weighted by Gasteiger charge is 2.15. The Bertz CT molecular complexity index is 597. The van der Waals surface area contributed by atoms with E-state index in [1.807, 2.05) is 0 Å². The lowest BCUT2D eigenvalue weighted by Gasteiger charge is -2.21. The van der Waals surface area contributed by atoms with Crippen LogP contribution in [0.15, 0.2) is 52.3 Å². The summed E-state index contributed by atoms with van der Waals surface area (Å²) in [7, 11) is 0. The molecule has 1 aliphatic heterocycles. The molecule has 0 radical (unpaired) electrons. The van der Waals surface area contributed by atoms with Gasteiger partial charge >= 0.3 is 0 Å². The van der Waals surface area contributed by atoms with Crippen LogP contribution in [0.4, 0.5) is 11.4 Å². The van der Waals surface area contributed by atoms with Crippen LogP contribution in [0.1, 0.15) is 26.2 Å². The molecular formula is C17H19NOS. The van der Waals surface area contributed by atoms with E-state index in [-0.39, 0.29) is 0 Å². The van der Waals surface area contributed by atoms with Crippen molar-refractivity contribution in [3.63, 3.8) is 0 Å². The van der Waals surface area contributed by atoms with E-state index >= 15 is 0 Å². The van der Waals surface area contributed by atoms with Gasteiger partial charge in [0.25, 0.3) is 0 Å². The molecule has 0 bridgehead atoms. The first kappa shape index (κ1) is 13.4. The largest absolute Gasteiger partial charge is 0.494 e. The van der Waals surface area contributed by atoms with Crippen LogP contribution >= 0.6 is 11.8 Å². The molecule has 0 amide bonds. The normalized spacial score (nSPS) is 12.2. The molecule has 0 atom stereocenters. The van der Waals surface area contributed by atoms with Crippen molar-refractivity contribution in [1.82, 2.24) is 0 Å². The molecule has 1 heterocycles. The molecule has 0 unspecified atom stereocenters. The van der Waals surface area contributed by atoms with E-state index in [1.165, 1.54) is 28.3 Å². The van der Waals surface area contributed by atoms with E-state index in [9.17, 15) is 0 Å². The van der Waals surface area contributed by atoms with Gasteiger partial charge in [0.05, 0.1) is 18.0 Å². The minimum Gasteiger partial charge on any atom is -0.494 e. The van der Waals surface area contributed by atoms with Crippen LogP contribution in [0, 0.1) is 0 Å². The molecule has 1 N–H and O–H groups in total. The maximum Gasteiger partial charge on any atom is 0.121 e. The molecule has 0 saturated carbocycles. The summed E-state index contributed by atoms with van der Waals surface area (Å²) in [6, 6.07) is 14.7. The van der Waals surface area contributed by atoms with E-state index < -0.39 is 0 Å². The van der Waals surface area contributed by atoms with Crippen LogP contribution in [0.3, 0.4) is 0 Å². The van der Waals surface area contributed by atoms with Crippen LogP contribution in [-0.4, -0.2) is 6.61 Å². The van der Waals surface area contributed by atoms with Crippen LogP contribution in [-0.2, 0) is 0 Å². The number of fused-ring (bicyclic) bond motifs is 2. The molecule has 3 heteroatoms. The SMILES string of the molecule is CCCCCOc1ccc2c(c1)Nc1ccccc1S2. The Labute approximate surface area is 124 Å². The van der Waals surface area contributed by atoms with Crippen molar-refractivity contribution < 1.29 is 4.74 Å². The first-order valence-corrected chi connectivity index (χ1v) is 7.99. The van der Waals surface area contributed by atoms with Gasteiger partial charge in [0.1, 0.15) is 5.75 Å². The van der Waals surface area contributed by atoms with Crippen LogP contribution in [0.5, 0.6) is 5.75 Å². The van der Waals surface area contributed by atoms with Gasteiger partial charge in [-0.1, -0.05) is 43.7 Å². The number of benzene rings is 2. The van der Waals surface area contributed by atoms with Gasteiger partial charge in [0.15, 0.2) is 0 Å². The second-order valence-electron chi connectivity index (χ2n) is 4.94. The van der Waals surface area contributed by atoms with Crippen molar-refractivity contribution in [2.45, 2.75) is 36.0 Å². The number of rotatable bonds is 5. The highest BCUT2D eigenvalue weighted by molar-refractivity contribution is 7.99. The lowest BCUT2D eigenvalue weighted by atomic mass is 10.2. The van der Waals surface area contributed by atoms with Gasteiger partial charge in [0, 0.05) is 15.9 Å². The Kier molecular flexibility index (Phi) is 4.16. The highest BCUT2D eigenvalue weighted by Crippen LogP contribution is 2.44. The van der Waals surface area contributed by atoms with Crippen molar-refractivity contribution in [3.05, 3.63) is 42.5 Å². The maximum absolute atomic E-state index is 5.81. The standard InChI is InChI=1S/C17H19NOS/c1-2-3-6-11-19-13-9-10-17-15(12-13)18-14-7-4-5-8-16(14)20-17/h4-5,7-10,12,18H,2-3,6,11H2,1H3. The number of unbranched alkanes of at least 4 members (excludes halogenated alkanes) is 2. The third-order valence-electron chi connectivity index (χ3n) is 3.34. The van der Waals surface area contributed by atoms with Crippen molar-refractivity contribution in [2.75, 3.05) is 11.9 Å². The molecule has 104 valence electrons. The van der Waals surface area contributed by atoms with Gasteiger partial charge in [0.2, 0.25) is 0 Å². The smallest absolute Gasteiger partial charge is 0.121 e. The zero-order valence-electron chi connectivity index (χ0n) is 11.7.